The van der Waals surface area contributed by atoms with Gasteiger partial charge in [-0.25, -0.2) is 0 Å². The van der Waals surface area contributed by atoms with Gasteiger partial charge in [0.15, 0.2) is 0 Å². The Morgan fingerprint density at radius 3 is 2.05 bits per heavy atom. The van der Waals surface area contributed by atoms with Gasteiger partial charge in [-0.05, 0) is 18.8 Å². The van der Waals surface area contributed by atoms with Crippen LogP contribution in [0.4, 0.5) is 0 Å². The summed E-state index contributed by atoms with van der Waals surface area (Å²) in [5.74, 6) is 0.826. The molecule has 0 atom stereocenters. The van der Waals surface area contributed by atoms with Crippen molar-refractivity contribution >= 4 is 8.80 Å². The van der Waals surface area contributed by atoms with Gasteiger partial charge in [-0.1, -0.05) is 52.9 Å². The van der Waals surface area contributed by atoms with Gasteiger partial charge in [-0.15, -0.1) is 0 Å². The molecule has 116 valence electrons. The zero-order chi connectivity index (χ0) is 14.6. The Kier molecular flexibility index (Phi) is 11.9. The van der Waals surface area contributed by atoms with Crippen molar-refractivity contribution in [1.29, 1.82) is 0 Å². The van der Waals surface area contributed by atoms with Crippen LogP contribution in [0, 0.1) is 5.92 Å². The third kappa shape index (κ3) is 9.60. The Labute approximate surface area is 121 Å². The van der Waals surface area contributed by atoms with Crippen molar-refractivity contribution in [2.75, 3.05) is 20.8 Å². The lowest BCUT2D eigenvalue weighted by atomic mass is 10.0. The molecule has 0 saturated heterocycles. The third-order valence-corrected chi connectivity index (χ3v) is 6.31. The molecule has 0 bridgehead atoms. The molecule has 0 heterocycles. The average Bonchev–Trinajstić information content (AvgIpc) is 2.41. The molecular weight excluding hydrogens is 256 g/mol. The van der Waals surface area contributed by atoms with E-state index in [2.05, 4.69) is 20.8 Å². The third-order valence-electron chi connectivity index (χ3n) is 3.46. The highest BCUT2D eigenvalue weighted by Gasteiger charge is 2.37. The zero-order valence-electron chi connectivity index (χ0n) is 13.7. The smallest absolute Gasteiger partial charge is 0.377 e. The largest absolute Gasteiger partial charge is 0.500 e. The van der Waals surface area contributed by atoms with Crippen molar-refractivity contribution in [2.24, 2.45) is 5.92 Å². The first-order chi connectivity index (χ1) is 9.10. The summed E-state index contributed by atoms with van der Waals surface area (Å²) in [5.41, 5.74) is 0. The highest BCUT2D eigenvalue weighted by Crippen LogP contribution is 2.18. The van der Waals surface area contributed by atoms with E-state index in [0.29, 0.717) is 0 Å². The summed E-state index contributed by atoms with van der Waals surface area (Å²) in [5, 5.41) is 0. The first-order valence-corrected chi connectivity index (χ1v) is 9.77. The topological polar surface area (TPSA) is 27.7 Å². The molecule has 0 amide bonds. The normalized spacial score (nSPS) is 12.3. The predicted molar refractivity (Wildman–Crippen MR) is 83.4 cm³/mol. The second-order valence-corrected chi connectivity index (χ2v) is 8.61. The van der Waals surface area contributed by atoms with Crippen LogP contribution in [-0.4, -0.2) is 29.6 Å². The quantitative estimate of drug-likeness (QED) is 0.365. The fraction of sp³-hybridized carbons (Fsp3) is 1.00. The summed E-state index contributed by atoms with van der Waals surface area (Å²) in [4.78, 5) is 0. The molecule has 3 nitrogen and oxygen atoms in total. The van der Waals surface area contributed by atoms with Crippen molar-refractivity contribution in [3.63, 3.8) is 0 Å². The number of hydrogen-bond acceptors (Lipinski definition) is 3. The van der Waals surface area contributed by atoms with Gasteiger partial charge in [-0.3, -0.25) is 0 Å². The van der Waals surface area contributed by atoms with Crippen molar-refractivity contribution < 1.29 is 13.3 Å². The highest BCUT2D eigenvalue weighted by molar-refractivity contribution is 6.60. The van der Waals surface area contributed by atoms with E-state index in [4.69, 9.17) is 13.3 Å². The van der Waals surface area contributed by atoms with Crippen LogP contribution in [-0.2, 0) is 13.3 Å². The number of hydrogen-bond donors (Lipinski definition) is 0. The summed E-state index contributed by atoms with van der Waals surface area (Å²) < 4.78 is 17.0. The molecule has 0 aliphatic heterocycles. The minimum absolute atomic E-state index is 0.777. The van der Waals surface area contributed by atoms with E-state index in [-0.39, 0.29) is 0 Å². The van der Waals surface area contributed by atoms with Crippen LogP contribution in [0.1, 0.15) is 65.7 Å². The van der Waals surface area contributed by atoms with Crippen LogP contribution < -0.4 is 0 Å². The fourth-order valence-corrected chi connectivity index (χ4v) is 4.30. The Balaban J connectivity index is 3.69. The van der Waals surface area contributed by atoms with Gasteiger partial charge < -0.3 is 13.3 Å². The van der Waals surface area contributed by atoms with Gasteiger partial charge in [0, 0.05) is 26.9 Å². The van der Waals surface area contributed by atoms with Gasteiger partial charge in [-0.2, -0.15) is 0 Å². The maximum absolute atomic E-state index is 5.95. The molecule has 0 unspecified atom stereocenters. The molecule has 0 aromatic carbocycles. The van der Waals surface area contributed by atoms with Crippen molar-refractivity contribution in [2.45, 2.75) is 71.8 Å². The Morgan fingerprint density at radius 2 is 1.53 bits per heavy atom. The van der Waals surface area contributed by atoms with Crippen LogP contribution in [0.25, 0.3) is 0 Å². The Bertz CT molecular complexity index is 194. The Morgan fingerprint density at radius 1 is 0.895 bits per heavy atom. The maximum Gasteiger partial charge on any atom is 0.500 e. The van der Waals surface area contributed by atoms with Gasteiger partial charge in [0.1, 0.15) is 0 Å². The zero-order valence-corrected chi connectivity index (χ0v) is 14.7. The SMILES string of the molecule is CCCC[Si](OC)(OC)OCCCCCCC(C)C. The lowest BCUT2D eigenvalue weighted by Crippen LogP contribution is -2.44. The van der Waals surface area contributed by atoms with Crippen LogP contribution in [0.5, 0.6) is 0 Å². The van der Waals surface area contributed by atoms with E-state index < -0.39 is 8.80 Å². The van der Waals surface area contributed by atoms with E-state index in [1.165, 1.54) is 25.7 Å². The minimum Gasteiger partial charge on any atom is -0.377 e. The molecular formula is C15H34O3Si. The van der Waals surface area contributed by atoms with Crippen LogP contribution >= 0.6 is 0 Å². The fourth-order valence-electron chi connectivity index (χ4n) is 2.11. The van der Waals surface area contributed by atoms with Crippen molar-refractivity contribution in [3.8, 4) is 0 Å². The van der Waals surface area contributed by atoms with Gasteiger partial charge in [0.25, 0.3) is 0 Å². The van der Waals surface area contributed by atoms with Crippen LogP contribution in [0.2, 0.25) is 6.04 Å². The molecule has 0 aliphatic rings. The van der Waals surface area contributed by atoms with E-state index in [9.17, 15) is 0 Å². The molecule has 0 aromatic rings. The first-order valence-electron chi connectivity index (χ1n) is 7.84. The van der Waals surface area contributed by atoms with E-state index in [1.807, 2.05) is 0 Å². The maximum atomic E-state index is 5.95. The molecule has 0 N–H and O–H groups in total. The first kappa shape index (κ1) is 19.1. The van der Waals surface area contributed by atoms with Gasteiger partial charge in [0.2, 0.25) is 0 Å². The monoisotopic (exact) mass is 290 g/mol. The number of unbranched alkanes of at least 4 members (excludes halogenated alkanes) is 4. The van der Waals surface area contributed by atoms with Crippen molar-refractivity contribution in [1.82, 2.24) is 0 Å². The van der Waals surface area contributed by atoms with Crippen LogP contribution in [0.15, 0.2) is 0 Å². The van der Waals surface area contributed by atoms with E-state index >= 15 is 0 Å². The van der Waals surface area contributed by atoms with E-state index in [0.717, 1.165) is 37.8 Å². The summed E-state index contributed by atoms with van der Waals surface area (Å²) in [6.07, 6.45) is 8.62. The summed E-state index contributed by atoms with van der Waals surface area (Å²) in [6.45, 7) is 7.53. The minimum atomic E-state index is -2.35. The molecule has 0 saturated carbocycles. The van der Waals surface area contributed by atoms with Crippen molar-refractivity contribution in [3.05, 3.63) is 0 Å². The molecule has 0 aromatic heterocycles. The average molecular weight is 291 g/mol. The highest BCUT2D eigenvalue weighted by atomic mass is 28.4. The molecule has 0 fully saturated rings. The van der Waals surface area contributed by atoms with Gasteiger partial charge >= 0.3 is 8.80 Å². The standard InChI is InChI=1S/C15H34O3Si/c1-6-7-14-19(16-4,17-5)18-13-11-9-8-10-12-15(2)3/h15H,6-14H2,1-5H3. The molecule has 0 spiro atoms. The summed E-state index contributed by atoms with van der Waals surface area (Å²) >= 11 is 0. The lowest BCUT2D eigenvalue weighted by Gasteiger charge is -2.26. The van der Waals surface area contributed by atoms with Crippen LogP contribution in [0.3, 0.4) is 0 Å². The Hall–Kier alpha value is 0.0969. The second-order valence-electron chi connectivity index (χ2n) is 5.64. The van der Waals surface area contributed by atoms with Gasteiger partial charge in [0.05, 0.1) is 0 Å². The summed E-state index contributed by atoms with van der Waals surface area (Å²) in [7, 11) is 1.08. The molecule has 0 rings (SSSR count). The summed E-state index contributed by atoms with van der Waals surface area (Å²) in [6, 6.07) is 0.934. The lowest BCUT2D eigenvalue weighted by molar-refractivity contribution is 0.0956. The molecule has 4 heteroatoms. The molecule has 19 heavy (non-hydrogen) atoms. The molecule has 0 aliphatic carbocycles. The number of rotatable bonds is 13. The second kappa shape index (κ2) is 11.9. The van der Waals surface area contributed by atoms with E-state index in [1.54, 1.807) is 14.2 Å². The predicted octanol–water partition coefficient (Wildman–Crippen LogP) is 4.64. The molecule has 0 radical (unpaired) electrons.